The Labute approximate surface area is 134 Å². The zero-order valence-corrected chi connectivity index (χ0v) is 13.1. The maximum atomic E-state index is 11.8. The van der Waals surface area contributed by atoms with E-state index in [0.29, 0.717) is 16.6 Å². The number of nitrogens with one attached hydrogen (secondary N) is 2. The van der Waals surface area contributed by atoms with Crippen molar-refractivity contribution in [3.8, 4) is 0 Å². The first kappa shape index (κ1) is 14.4. The van der Waals surface area contributed by atoms with Crippen molar-refractivity contribution in [3.63, 3.8) is 0 Å². The normalized spacial score (nSPS) is 18.1. The van der Waals surface area contributed by atoms with Crippen molar-refractivity contribution in [1.29, 1.82) is 0 Å². The van der Waals surface area contributed by atoms with Crippen molar-refractivity contribution in [1.82, 2.24) is 10.4 Å². The molecule has 1 aromatic carbocycles. The summed E-state index contributed by atoms with van der Waals surface area (Å²) in [6.07, 6.45) is 4.71. The van der Waals surface area contributed by atoms with Gasteiger partial charge in [0.05, 0.1) is 6.42 Å². The second-order valence-corrected chi connectivity index (χ2v) is 6.07. The molecule has 0 unspecified atom stereocenters. The second-order valence-electron chi connectivity index (χ2n) is 5.25. The molecule has 0 aromatic heterocycles. The molecule has 3 rings (SSSR count). The van der Waals surface area contributed by atoms with Gasteiger partial charge in [-0.05, 0) is 61.7 Å². The lowest BCUT2D eigenvalue weighted by Gasteiger charge is -2.36. The molecule has 0 spiro atoms. The predicted octanol–water partition coefficient (Wildman–Crippen LogP) is 3.60. The molecule has 2 aliphatic rings. The largest absolute Gasteiger partial charge is 0.331 e. The fraction of sp³-hybridized carbons (Fsp3) is 0.333. The number of nitrogens with zero attached hydrogens (tertiary/aromatic N) is 1. The van der Waals surface area contributed by atoms with Crippen LogP contribution in [0.2, 0.25) is 5.02 Å². The van der Waals surface area contributed by atoms with Crippen molar-refractivity contribution in [2.75, 3.05) is 5.32 Å². The minimum atomic E-state index is -0.00843. The van der Waals surface area contributed by atoms with E-state index in [1.54, 1.807) is 17.1 Å². The molecular weight excluding hydrogens is 306 g/mol. The molecule has 4 nitrogen and oxygen atoms in total. The van der Waals surface area contributed by atoms with Gasteiger partial charge in [0.25, 0.3) is 0 Å². The summed E-state index contributed by atoms with van der Waals surface area (Å²) in [4.78, 5) is 11.8. The molecule has 1 heterocycles. The highest BCUT2D eigenvalue weighted by Gasteiger charge is 2.28. The summed E-state index contributed by atoms with van der Waals surface area (Å²) in [6, 6.07) is 7.35. The third-order valence-electron chi connectivity index (χ3n) is 3.71. The molecule has 21 heavy (non-hydrogen) atoms. The minimum absolute atomic E-state index is 0.00843. The Morgan fingerprint density at radius 2 is 2.14 bits per heavy atom. The fourth-order valence-corrected chi connectivity index (χ4v) is 3.22. The van der Waals surface area contributed by atoms with E-state index in [2.05, 4.69) is 10.7 Å². The molecule has 1 aromatic rings. The molecule has 0 radical (unpaired) electrons. The van der Waals surface area contributed by atoms with Crippen LogP contribution in [0.15, 0.2) is 35.5 Å². The first-order valence-corrected chi connectivity index (χ1v) is 7.79. The Morgan fingerprint density at radius 3 is 2.95 bits per heavy atom. The van der Waals surface area contributed by atoms with E-state index >= 15 is 0 Å². The summed E-state index contributed by atoms with van der Waals surface area (Å²) in [6.45, 7) is 0. The average molecular weight is 322 g/mol. The SMILES string of the molecule is O=C1CC2=C(CCCC2)N(C(=S)Nc2cccc(Cl)c2)N1. The van der Waals surface area contributed by atoms with Gasteiger partial charge in [-0.1, -0.05) is 17.7 Å². The van der Waals surface area contributed by atoms with Crippen LogP contribution in [0.5, 0.6) is 0 Å². The zero-order chi connectivity index (χ0) is 14.8. The molecule has 1 aliphatic heterocycles. The predicted molar refractivity (Wildman–Crippen MR) is 87.8 cm³/mol. The van der Waals surface area contributed by atoms with Crippen molar-refractivity contribution in [2.45, 2.75) is 32.1 Å². The van der Waals surface area contributed by atoms with Gasteiger partial charge in [0.2, 0.25) is 5.91 Å². The monoisotopic (exact) mass is 321 g/mol. The van der Waals surface area contributed by atoms with Crippen LogP contribution < -0.4 is 10.7 Å². The molecule has 110 valence electrons. The van der Waals surface area contributed by atoms with Crippen molar-refractivity contribution in [2.24, 2.45) is 0 Å². The van der Waals surface area contributed by atoms with Gasteiger partial charge in [0, 0.05) is 16.4 Å². The van der Waals surface area contributed by atoms with Gasteiger partial charge in [-0.2, -0.15) is 0 Å². The summed E-state index contributed by atoms with van der Waals surface area (Å²) in [5, 5.41) is 5.96. The van der Waals surface area contributed by atoms with Gasteiger partial charge in [-0.15, -0.1) is 0 Å². The van der Waals surface area contributed by atoms with E-state index in [9.17, 15) is 4.79 Å². The number of carbonyl (C=O) groups is 1. The number of benzene rings is 1. The zero-order valence-electron chi connectivity index (χ0n) is 11.5. The summed E-state index contributed by atoms with van der Waals surface area (Å²) < 4.78 is 0. The fourth-order valence-electron chi connectivity index (χ4n) is 2.76. The lowest BCUT2D eigenvalue weighted by Crippen LogP contribution is -2.51. The van der Waals surface area contributed by atoms with E-state index < -0.39 is 0 Å². The Kier molecular flexibility index (Phi) is 4.12. The van der Waals surface area contributed by atoms with Gasteiger partial charge < -0.3 is 5.32 Å². The van der Waals surface area contributed by atoms with Crippen LogP contribution in [-0.4, -0.2) is 16.0 Å². The molecule has 2 N–H and O–H groups in total. The Balaban J connectivity index is 1.81. The van der Waals surface area contributed by atoms with Crippen LogP contribution in [0, 0.1) is 0 Å². The Bertz CT molecular complexity index is 629. The first-order valence-electron chi connectivity index (χ1n) is 7.00. The number of hydrazine groups is 1. The topological polar surface area (TPSA) is 44.4 Å². The van der Waals surface area contributed by atoms with Gasteiger partial charge in [0.1, 0.15) is 0 Å². The number of thiocarbonyl (C=S) groups is 1. The molecule has 0 atom stereocenters. The molecule has 0 bridgehead atoms. The smallest absolute Gasteiger partial charge is 0.243 e. The highest BCUT2D eigenvalue weighted by atomic mass is 35.5. The first-order chi connectivity index (χ1) is 10.1. The molecule has 6 heteroatoms. The number of anilines is 1. The molecule has 0 saturated heterocycles. The number of amides is 1. The molecule has 0 fully saturated rings. The quantitative estimate of drug-likeness (QED) is 0.776. The van der Waals surface area contributed by atoms with Crippen molar-refractivity contribution < 1.29 is 4.79 Å². The molecule has 0 saturated carbocycles. The van der Waals surface area contributed by atoms with Gasteiger partial charge in [0.15, 0.2) is 5.11 Å². The van der Waals surface area contributed by atoms with E-state index in [1.165, 1.54) is 5.57 Å². The summed E-state index contributed by atoms with van der Waals surface area (Å²) in [5.74, 6) is -0.00843. The number of hydrogen-bond donors (Lipinski definition) is 2. The van der Waals surface area contributed by atoms with Crippen LogP contribution in [-0.2, 0) is 4.79 Å². The van der Waals surface area contributed by atoms with E-state index in [-0.39, 0.29) is 5.91 Å². The second kappa shape index (κ2) is 6.03. The van der Waals surface area contributed by atoms with Crippen molar-refractivity contribution >= 4 is 40.5 Å². The number of halogens is 1. The third-order valence-corrected chi connectivity index (χ3v) is 4.23. The standard InChI is InChI=1S/C15H16ClN3OS/c16-11-5-3-6-12(9-11)17-15(21)19-13-7-2-1-4-10(13)8-14(20)18-19/h3,5-6,9H,1-2,4,7-8H2,(H,17,21)(H,18,20). The summed E-state index contributed by atoms with van der Waals surface area (Å²) >= 11 is 11.4. The van der Waals surface area contributed by atoms with Crippen LogP contribution in [0.3, 0.4) is 0 Å². The number of carbonyl (C=O) groups excluding carboxylic acids is 1. The molecule has 1 amide bonds. The van der Waals surface area contributed by atoms with E-state index in [4.69, 9.17) is 23.8 Å². The van der Waals surface area contributed by atoms with Crippen LogP contribution in [0.25, 0.3) is 0 Å². The molecular formula is C15H16ClN3OS. The maximum absolute atomic E-state index is 11.8. The number of hydrogen-bond acceptors (Lipinski definition) is 2. The van der Waals surface area contributed by atoms with Gasteiger partial charge in [-0.25, -0.2) is 5.01 Å². The third kappa shape index (κ3) is 3.19. The number of rotatable bonds is 1. The van der Waals surface area contributed by atoms with Crippen LogP contribution >= 0.6 is 23.8 Å². The number of allylic oxidation sites excluding steroid dienone is 1. The van der Waals surface area contributed by atoms with Crippen molar-refractivity contribution in [3.05, 3.63) is 40.6 Å². The average Bonchev–Trinajstić information content (AvgIpc) is 2.46. The highest BCUT2D eigenvalue weighted by molar-refractivity contribution is 7.80. The van der Waals surface area contributed by atoms with E-state index in [1.807, 2.05) is 12.1 Å². The Hall–Kier alpha value is -1.59. The van der Waals surface area contributed by atoms with Crippen LogP contribution in [0.1, 0.15) is 32.1 Å². The van der Waals surface area contributed by atoms with E-state index in [0.717, 1.165) is 37.1 Å². The lowest BCUT2D eigenvalue weighted by atomic mass is 9.92. The van der Waals surface area contributed by atoms with Gasteiger partial charge in [-0.3, -0.25) is 10.2 Å². The Morgan fingerprint density at radius 1 is 1.33 bits per heavy atom. The molecule has 1 aliphatic carbocycles. The highest BCUT2D eigenvalue weighted by Crippen LogP contribution is 2.31. The summed E-state index contributed by atoms with van der Waals surface area (Å²) in [7, 11) is 0. The van der Waals surface area contributed by atoms with Gasteiger partial charge >= 0.3 is 0 Å². The lowest BCUT2D eigenvalue weighted by molar-refractivity contribution is -0.124. The maximum Gasteiger partial charge on any atom is 0.243 e. The van der Waals surface area contributed by atoms with Crippen LogP contribution in [0.4, 0.5) is 5.69 Å². The minimum Gasteiger partial charge on any atom is -0.331 e. The summed E-state index contributed by atoms with van der Waals surface area (Å²) in [5.41, 5.74) is 6.01.